The topological polar surface area (TPSA) is 45.2 Å². The molecule has 0 saturated carbocycles. The second-order valence-electron chi connectivity index (χ2n) is 5.97. The van der Waals surface area contributed by atoms with Crippen molar-refractivity contribution >= 4 is 49.1 Å². The number of benzene rings is 1. The van der Waals surface area contributed by atoms with Crippen molar-refractivity contribution in [1.29, 1.82) is 0 Å². The molecule has 124 valence electrons. The molecule has 0 N–H and O–H groups in total. The Hall–Kier alpha value is -1.73. The lowest BCUT2D eigenvalue weighted by Crippen LogP contribution is -2.46. The fraction of sp³-hybridized carbons (Fsp3) is 0.353. The number of thiazole rings is 1. The summed E-state index contributed by atoms with van der Waals surface area (Å²) in [5.74, 6) is 1.02. The van der Waals surface area contributed by atoms with Gasteiger partial charge in [-0.1, -0.05) is 15.9 Å². The molecule has 1 aliphatic rings. The molecule has 0 spiro atoms. The van der Waals surface area contributed by atoms with E-state index in [9.17, 15) is 0 Å². The minimum absolute atomic E-state index is 0.941. The summed E-state index contributed by atoms with van der Waals surface area (Å²) in [6, 6.07) is 6.15. The Morgan fingerprint density at radius 1 is 1.04 bits per heavy atom. The number of rotatable bonds is 2. The fourth-order valence-corrected chi connectivity index (χ4v) is 4.29. The van der Waals surface area contributed by atoms with Crippen molar-refractivity contribution in [3.63, 3.8) is 0 Å². The lowest BCUT2D eigenvalue weighted by molar-refractivity contribution is 0.647. The highest BCUT2D eigenvalue weighted by molar-refractivity contribution is 9.10. The summed E-state index contributed by atoms with van der Waals surface area (Å²) < 4.78 is 1.05. The minimum atomic E-state index is 0.941. The lowest BCUT2D eigenvalue weighted by Gasteiger charge is -2.35. The zero-order valence-electron chi connectivity index (χ0n) is 13.7. The Bertz CT molecular complexity index is 866. The van der Waals surface area contributed by atoms with Gasteiger partial charge in [0.1, 0.15) is 12.1 Å². The average molecular weight is 404 g/mol. The predicted octanol–water partition coefficient (Wildman–Crippen LogP) is 3.79. The van der Waals surface area contributed by atoms with Gasteiger partial charge in [0.2, 0.25) is 0 Å². The number of aromatic nitrogens is 3. The second kappa shape index (κ2) is 6.29. The number of halogens is 1. The van der Waals surface area contributed by atoms with Crippen LogP contribution in [0.15, 0.2) is 29.0 Å². The maximum absolute atomic E-state index is 4.69. The van der Waals surface area contributed by atoms with E-state index in [1.807, 2.05) is 12.1 Å². The van der Waals surface area contributed by atoms with E-state index in [1.165, 1.54) is 4.88 Å². The molecule has 0 bridgehead atoms. The fourth-order valence-electron chi connectivity index (χ4n) is 2.97. The first-order chi connectivity index (χ1) is 11.6. The maximum Gasteiger partial charge on any atom is 0.185 e. The Labute approximate surface area is 153 Å². The molecule has 0 unspecified atom stereocenters. The zero-order valence-corrected chi connectivity index (χ0v) is 16.1. The van der Waals surface area contributed by atoms with Crippen LogP contribution in [0.2, 0.25) is 0 Å². The molecule has 4 rings (SSSR count). The van der Waals surface area contributed by atoms with Gasteiger partial charge < -0.3 is 9.80 Å². The van der Waals surface area contributed by atoms with Gasteiger partial charge in [-0.15, -0.1) is 11.3 Å². The molecule has 0 atom stereocenters. The Kier molecular flexibility index (Phi) is 4.14. The molecule has 1 fully saturated rings. The van der Waals surface area contributed by atoms with Crippen LogP contribution >= 0.6 is 27.3 Å². The van der Waals surface area contributed by atoms with E-state index < -0.39 is 0 Å². The molecule has 24 heavy (non-hydrogen) atoms. The summed E-state index contributed by atoms with van der Waals surface area (Å²) in [6.07, 6.45) is 1.66. The smallest absolute Gasteiger partial charge is 0.185 e. The van der Waals surface area contributed by atoms with Gasteiger partial charge >= 0.3 is 0 Å². The summed E-state index contributed by atoms with van der Waals surface area (Å²) in [4.78, 5) is 19.6. The van der Waals surface area contributed by atoms with Crippen LogP contribution in [-0.4, -0.2) is 41.1 Å². The summed E-state index contributed by atoms with van der Waals surface area (Å²) in [5.41, 5.74) is 2.13. The number of aryl methyl sites for hydroxylation is 2. The van der Waals surface area contributed by atoms with Crippen LogP contribution in [0.5, 0.6) is 0 Å². The first kappa shape index (κ1) is 15.8. The third-order valence-corrected chi connectivity index (χ3v) is 6.07. The van der Waals surface area contributed by atoms with Crippen LogP contribution in [0.3, 0.4) is 0 Å². The summed E-state index contributed by atoms with van der Waals surface area (Å²) in [7, 11) is 0. The highest BCUT2D eigenvalue weighted by Crippen LogP contribution is 2.29. The zero-order chi connectivity index (χ0) is 16.7. The van der Waals surface area contributed by atoms with Gasteiger partial charge in [0.25, 0.3) is 0 Å². The average Bonchev–Trinajstić information content (AvgIpc) is 2.93. The first-order valence-electron chi connectivity index (χ1n) is 7.96. The Morgan fingerprint density at radius 2 is 1.79 bits per heavy atom. The molecule has 3 heterocycles. The van der Waals surface area contributed by atoms with E-state index in [-0.39, 0.29) is 0 Å². The van der Waals surface area contributed by atoms with E-state index in [4.69, 9.17) is 0 Å². The van der Waals surface area contributed by atoms with E-state index in [1.54, 1.807) is 17.7 Å². The largest absolute Gasteiger partial charge is 0.352 e. The highest BCUT2D eigenvalue weighted by atomic mass is 79.9. The van der Waals surface area contributed by atoms with Gasteiger partial charge in [-0.25, -0.2) is 15.0 Å². The molecule has 3 aromatic rings. The van der Waals surface area contributed by atoms with Crippen molar-refractivity contribution in [2.24, 2.45) is 0 Å². The highest BCUT2D eigenvalue weighted by Gasteiger charge is 2.22. The number of piperazine rings is 1. The van der Waals surface area contributed by atoms with E-state index in [0.29, 0.717) is 0 Å². The number of hydrogen-bond acceptors (Lipinski definition) is 6. The van der Waals surface area contributed by atoms with Crippen LogP contribution in [0.25, 0.3) is 10.9 Å². The lowest BCUT2D eigenvalue weighted by atomic mass is 10.2. The second-order valence-corrected chi connectivity index (χ2v) is 8.07. The van der Waals surface area contributed by atoms with Gasteiger partial charge in [0.15, 0.2) is 5.13 Å². The van der Waals surface area contributed by atoms with Crippen molar-refractivity contribution in [2.75, 3.05) is 36.0 Å². The van der Waals surface area contributed by atoms with Crippen molar-refractivity contribution in [3.8, 4) is 0 Å². The number of fused-ring (bicyclic) bond motifs is 1. The molecular weight excluding hydrogens is 386 g/mol. The number of hydrogen-bond donors (Lipinski definition) is 0. The summed E-state index contributed by atoms with van der Waals surface area (Å²) >= 11 is 5.34. The molecule has 1 aromatic carbocycles. The molecule has 1 saturated heterocycles. The Balaban J connectivity index is 1.57. The number of nitrogens with zero attached hydrogens (tertiary/aromatic N) is 5. The third-order valence-electron chi connectivity index (χ3n) is 4.44. The van der Waals surface area contributed by atoms with Crippen molar-refractivity contribution in [1.82, 2.24) is 15.0 Å². The molecule has 0 amide bonds. The first-order valence-corrected chi connectivity index (χ1v) is 9.57. The minimum Gasteiger partial charge on any atom is -0.352 e. The van der Waals surface area contributed by atoms with Gasteiger partial charge in [-0.2, -0.15) is 0 Å². The Morgan fingerprint density at radius 3 is 2.50 bits per heavy atom. The molecule has 1 aliphatic heterocycles. The van der Waals surface area contributed by atoms with Crippen LogP contribution in [0.1, 0.15) is 10.6 Å². The number of anilines is 2. The van der Waals surface area contributed by atoms with Crippen LogP contribution in [0.4, 0.5) is 10.9 Å². The monoisotopic (exact) mass is 403 g/mol. The molecule has 0 aliphatic carbocycles. The van der Waals surface area contributed by atoms with E-state index >= 15 is 0 Å². The van der Waals surface area contributed by atoms with Gasteiger partial charge in [0, 0.05) is 40.9 Å². The summed E-state index contributed by atoms with van der Waals surface area (Å²) in [6.45, 7) is 8.03. The predicted molar refractivity (Wildman–Crippen MR) is 103 cm³/mol. The molecular formula is C17H18BrN5S. The summed E-state index contributed by atoms with van der Waals surface area (Å²) in [5, 5.41) is 2.24. The van der Waals surface area contributed by atoms with Crippen molar-refractivity contribution in [2.45, 2.75) is 13.8 Å². The molecule has 0 radical (unpaired) electrons. The van der Waals surface area contributed by atoms with E-state index in [0.717, 1.165) is 58.2 Å². The van der Waals surface area contributed by atoms with Gasteiger partial charge in [-0.3, -0.25) is 0 Å². The van der Waals surface area contributed by atoms with Crippen LogP contribution < -0.4 is 9.80 Å². The van der Waals surface area contributed by atoms with Crippen LogP contribution in [-0.2, 0) is 0 Å². The maximum atomic E-state index is 4.69. The van der Waals surface area contributed by atoms with E-state index in [2.05, 4.69) is 60.6 Å². The SMILES string of the molecule is Cc1nc(N2CCN(c3ncnc4ccc(Br)cc34)CC2)sc1C. The third kappa shape index (κ3) is 2.86. The normalized spacial score (nSPS) is 15.3. The van der Waals surface area contributed by atoms with Crippen molar-refractivity contribution < 1.29 is 0 Å². The van der Waals surface area contributed by atoms with Crippen LogP contribution in [0, 0.1) is 13.8 Å². The van der Waals surface area contributed by atoms with Gasteiger partial charge in [0.05, 0.1) is 11.2 Å². The van der Waals surface area contributed by atoms with Gasteiger partial charge in [-0.05, 0) is 32.0 Å². The molecule has 7 heteroatoms. The van der Waals surface area contributed by atoms with Crippen molar-refractivity contribution in [3.05, 3.63) is 39.6 Å². The standard InChI is InChI=1S/C17H18BrN5S/c1-11-12(2)24-17(21-11)23-7-5-22(6-8-23)16-14-9-13(18)3-4-15(14)19-10-20-16/h3-4,9-10H,5-8H2,1-2H3. The molecule has 5 nitrogen and oxygen atoms in total. The molecule has 2 aromatic heterocycles. The quantitative estimate of drug-likeness (QED) is 0.650.